The van der Waals surface area contributed by atoms with Crippen molar-refractivity contribution in [3.8, 4) is 11.8 Å². The Morgan fingerprint density at radius 2 is 1.85 bits per heavy atom. The van der Waals surface area contributed by atoms with Crippen molar-refractivity contribution in [2.75, 3.05) is 13.1 Å². The number of hydrogen-bond donors (Lipinski definition) is 0. The molecule has 2 heterocycles. The highest BCUT2D eigenvalue weighted by atomic mass is 16.2. The molecule has 0 saturated carbocycles. The van der Waals surface area contributed by atoms with Crippen molar-refractivity contribution in [3.63, 3.8) is 0 Å². The van der Waals surface area contributed by atoms with Crippen LogP contribution in [0.5, 0.6) is 0 Å². The normalized spacial score (nSPS) is 14.7. The molecule has 1 fully saturated rings. The number of nitrogens with zero attached hydrogens (tertiary/aromatic N) is 4. The van der Waals surface area contributed by atoms with Gasteiger partial charge in [-0.15, -0.1) is 0 Å². The first-order valence-electron chi connectivity index (χ1n) is 9.14. The molecule has 1 aliphatic heterocycles. The van der Waals surface area contributed by atoms with E-state index in [9.17, 15) is 4.79 Å². The lowest BCUT2D eigenvalue weighted by atomic mass is 9.91. The first-order chi connectivity index (χ1) is 13.2. The summed E-state index contributed by atoms with van der Waals surface area (Å²) in [5, 5.41) is 13.5. The second-order valence-electron chi connectivity index (χ2n) is 6.81. The number of aromatic nitrogens is 2. The van der Waals surface area contributed by atoms with Gasteiger partial charge >= 0.3 is 0 Å². The predicted molar refractivity (Wildman–Crippen MR) is 103 cm³/mol. The molecule has 1 aliphatic rings. The van der Waals surface area contributed by atoms with Gasteiger partial charge in [0.2, 0.25) is 0 Å². The molecule has 4 rings (SSSR count). The summed E-state index contributed by atoms with van der Waals surface area (Å²) in [7, 11) is 0. The van der Waals surface area contributed by atoms with Crippen LogP contribution in [0.1, 0.15) is 40.2 Å². The molecule has 2 aromatic carbocycles. The van der Waals surface area contributed by atoms with Crippen molar-refractivity contribution in [1.29, 1.82) is 5.26 Å². The highest BCUT2D eigenvalue weighted by molar-refractivity contribution is 5.94. The molecular weight excluding hydrogens is 336 g/mol. The lowest BCUT2D eigenvalue weighted by Gasteiger charge is -2.31. The second-order valence-corrected chi connectivity index (χ2v) is 6.81. The minimum absolute atomic E-state index is 0.00512. The third-order valence-electron chi connectivity index (χ3n) is 5.12. The molecule has 0 unspecified atom stereocenters. The summed E-state index contributed by atoms with van der Waals surface area (Å²) in [4.78, 5) is 14.6. The van der Waals surface area contributed by atoms with Gasteiger partial charge in [0.1, 0.15) is 0 Å². The molecule has 0 atom stereocenters. The number of carbonyl (C=O) groups is 1. The average molecular weight is 356 g/mol. The van der Waals surface area contributed by atoms with E-state index < -0.39 is 0 Å². The number of amides is 1. The Labute approximate surface area is 158 Å². The zero-order chi connectivity index (χ0) is 18.6. The fourth-order valence-corrected chi connectivity index (χ4v) is 3.59. The molecule has 5 nitrogen and oxygen atoms in total. The second kappa shape index (κ2) is 7.46. The third kappa shape index (κ3) is 3.61. The van der Waals surface area contributed by atoms with Crippen molar-refractivity contribution in [1.82, 2.24) is 14.7 Å². The van der Waals surface area contributed by atoms with Gasteiger partial charge < -0.3 is 4.90 Å². The van der Waals surface area contributed by atoms with Crippen molar-refractivity contribution in [2.24, 2.45) is 0 Å². The van der Waals surface area contributed by atoms with Gasteiger partial charge in [0.05, 0.1) is 23.5 Å². The van der Waals surface area contributed by atoms with Crippen LogP contribution in [0, 0.1) is 11.3 Å². The number of para-hydroxylation sites is 1. The monoisotopic (exact) mass is 356 g/mol. The number of benzene rings is 2. The molecule has 1 amide bonds. The van der Waals surface area contributed by atoms with Gasteiger partial charge in [-0.25, -0.2) is 4.68 Å². The van der Waals surface area contributed by atoms with Crippen molar-refractivity contribution in [2.45, 2.75) is 18.8 Å². The van der Waals surface area contributed by atoms with Crippen LogP contribution in [0.2, 0.25) is 0 Å². The Bertz CT molecular complexity index is 979. The molecule has 0 bridgehead atoms. The molecule has 0 spiro atoms. The van der Waals surface area contributed by atoms with Gasteiger partial charge in [-0.05, 0) is 54.7 Å². The molecule has 27 heavy (non-hydrogen) atoms. The molecule has 0 radical (unpaired) electrons. The van der Waals surface area contributed by atoms with Crippen molar-refractivity contribution in [3.05, 3.63) is 83.7 Å². The Morgan fingerprint density at radius 1 is 1.07 bits per heavy atom. The van der Waals surface area contributed by atoms with Crippen molar-refractivity contribution >= 4 is 5.91 Å². The summed E-state index contributed by atoms with van der Waals surface area (Å²) < 4.78 is 1.90. The summed E-state index contributed by atoms with van der Waals surface area (Å²) in [6.07, 6.45) is 5.87. The number of piperidine rings is 1. The Morgan fingerprint density at radius 3 is 2.59 bits per heavy atom. The third-order valence-corrected chi connectivity index (χ3v) is 5.12. The number of hydrogen-bond acceptors (Lipinski definition) is 3. The van der Waals surface area contributed by atoms with E-state index in [0.717, 1.165) is 31.6 Å². The summed E-state index contributed by atoms with van der Waals surface area (Å²) in [5.74, 6) is 0.419. The number of rotatable bonds is 3. The van der Waals surface area contributed by atoms with Gasteiger partial charge in [0, 0.05) is 24.8 Å². The van der Waals surface area contributed by atoms with E-state index in [4.69, 9.17) is 5.26 Å². The number of nitriles is 1. The smallest absolute Gasteiger partial charge is 0.253 e. The summed E-state index contributed by atoms with van der Waals surface area (Å²) in [6.45, 7) is 1.44. The van der Waals surface area contributed by atoms with Gasteiger partial charge in [-0.3, -0.25) is 4.79 Å². The lowest BCUT2D eigenvalue weighted by molar-refractivity contribution is 0.0713. The topological polar surface area (TPSA) is 61.9 Å². The maximum Gasteiger partial charge on any atom is 0.253 e. The highest BCUT2D eigenvalue weighted by Crippen LogP contribution is 2.29. The van der Waals surface area contributed by atoms with Crippen LogP contribution >= 0.6 is 0 Å². The van der Waals surface area contributed by atoms with Crippen LogP contribution in [0.3, 0.4) is 0 Å². The SMILES string of the molecule is N#Cc1cccc(C(=O)N2CCC(c3cnn(-c4ccccc4)c3)CC2)c1. The average Bonchev–Trinajstić information content (AvgIpc) is 3.24. The fourth-order valence-electron chi connectivity index (χ4n) is 3.59. The summed E-state index contributed by atoms with van der Waals surface area (Å²) >= 11 is 0. The largest absolute Gasteiger partial charge is 0.339 e. The first kappa shape index (κ1) is 17.0. The van der Waals surface area contributed by atoms with E-state index in [1.807, 2.05) is 46.1 Å². The molecule has 5 heteroatoms. The lowest BCUT2D eigenvalue weighted by Crippen LogP contribution is -2.37. The van der Waals surface area contributed by atoms with Crippen LogP contribution in [0.4, 0.5) is 0 Å². The Hall–Kier alpha value is -3.39. The fraction of sp³-hybridized carbons (Fsp3) is 0.227. The summed E-state index contributed by atoms with van der Waals surface area (Å²) in [5.41, 5.74) is 3.37. The molecule has 1 aromatic heterocycles. The Kier molecular flexibility index (Phi) is 4.71. The predicted octanol–water partition coefficient (Wildman–Crippen LogP) is 3.76. The van der Waals surface area contributed by atoms with E-state index in [0.29, 0.717) is 17.0 Å². The van der Waals surface area contributed by atoms with E-state index in [1.165, 1.54) is 5.56 Å². The van der Waals surface area contributed by atoms with Crippen molar-refractivity contribution < 1.29 is 4.79 Å². The van der Waals surface area contributed by atoms with E-state index in [2.05, 4.69) is 17.4 Å². The van der Waals surface area contributed by atoms with E-state index in [1.54, 1.807) is 24.3 Å². The standard InChI is InChI=1S/C22H20N4O/c23-14-17-5-4-6-19(13-17)22(27)25-11-9-18(10-12-25)20-15-24-26(16-20)21-7-2-1-3-8-21/h1-8,13,15-16,18H,9-12H2. The van der Waals surface area contributed by atoms with Gasteiger partial charge in [-0.2, -0.15) is 10.4 Å². The molecule has 1 saturated heterocycles. The molecule has 0 aliphatic carbocycles. The number of carbonyl (C=O) groups excluding carboxylic acids is 1. The molecular formula is C22H20N4O. The van der Waals surface area contributed by atoms with Crippen LogP contribution in [0.25, 0.3) is 5.69 Å². The minimum atomic E-state index is 0.00512. The summed E-state index contributed by atoms with van der Waals surface area (Å²) in [6, 6.07) is 19.1. The van der Waals surface area contributed by atoms with Gasteiger partial charge in [-0.1, -0.05) is 24.3 Å². The highest BCUT2D eigenvalue weighted by Gasteiger charge is 2.25. The van der Waals surface area contributed by atoms with Crippen LogP contribution in [0.15, 0.2) is 67.0 Å². The molecule has 0 N–H and O–H groups in total. The zero-order valence-electron chi connectivity index (χ0n) is 15.0. The molecule has 134 valence electrons. The van der Waals surface area contributed by atoms with Crippen LogP contribution < -0.4 is 0 Å². The maximum absolute atomic E-state index is 12.7. The van der Waals surface area contributed by atoms with Gasteiger partial charge in [0.25, 0.3) is 5.91 Å². The quantitative estimate of drug-likeness (QED) is 0.718. The van der Waals surface area contributed by atoms with Crippen LogP contribution in [-0.4, -0.2) is 33.7 Å². The van der Waals surface area contributed by atoms with E-state index in [-0.39, 0.29) is 5.91 Å². The zero-order valence-corrected chi connectivity index (χ0v) is 15.0. The first-order valence-corrected chi connectivity index (χ1v) is 9.14. The maximum atomic E-state index is 12.7. The minimum Gasteiger partial charge on any atom is -0.339 e. The van der Waals surface area contributed by atoms with Crippen LogP contribution in [-0.2, 0) is 0 Å². The molecule has 3 aromatic rings. The van der Waals surface area contributed by atoms with Gasteiger partial charge in [0.15, 0.2) is 0 Å². The van der Waals surface area contributed by atoms with E-state index >= 15 is 0 Å². The Balaban J connectivity index is 1.41. The number of likely N-dealkylation sites (tertiary alicyclic amines) is 1.